The average molecular weight is 494 g/mol. The van der Waals surface area contributed by atoms with Gasteiger partial charge >= 0.3 is 0 Å². The number of rotatable bonds is 4. The number of fused-ring (bicyclic) bond motifs is 4. The number of pyridine rings is 2. The molecule has 0 saturated carbocycles. The number of nitrogens with zero attached hydrogens (tertiary/aromatic N) is 2. The number of halogens is 2. The fourth-order valence-corrected chi connectivity index (χ4v) is 4.95. The number of aromatic amines is 1. The number of amides is 1. The van der Waals surface area contributed by atoms with E-state index in [1.807, 2.05) is 4.57 Å². The smallest absolute Gasteiger partial charge is 0.245 e. The van der Waals surface area contributed by atoms with Crippen LogP contribution >= 0.6 is 23.2 Å². The Morgan fingerprint density at radius 1 is 1.09 bits per heavy atom. The molecular weight excluding hydrogens is 473 g/mol. The molecule has 0 aliphatic heterocycles. The highest BCUT2D eigenvalue weighted by atomic mass is 35.5. The molecule has 8 heteroatoms. The van der Waals surface area contributed by atoms with Gasteiger partial charge < -0.3 is 14.5 Å². The number of carbonyl (C=O) groups excluding carboxylic acids is 1. The summed E-state index contributed by atoms with van der Waals surface area (Å²) in [4.78, 5) is 43.7. The molecule has 0 unspecified atom stereocenters. The van der Waals surface area contributed by atoms with Crippen molar-refractivity contribution in [3.63, 3.8) is 0 Å². The molecule has 0 saturated heterocycles. The molecule has 2 aromatic heterocycles. The highest BCUT2D eigenvalue weighted by Gasteiger charge is 2.19. The minimum atomic E-state index is -0.199. The quantitative estimate of drug-likeness (QED) is 0.327. The third-order valence-corrected chi connectivity index (χ3v) is 6.92. The molecule has 1 amide bonds. The minimum absolute atomic E-state index is 0.127. The molecule has 1 aliphatic rings. The van der Waals surface area contributed by atoms with Crippen LogP contribution in [0, 0.1) is 0 Å². The molecule has 0 fully saturated rings. The van der Waals surface area contributed by atoms with Crippen LogP contribution in [-0.2, 0) is 17.8 Å². The Labute approximate surface area is 204 Å². The van der Waals surface area contributed by atoms with E-state index in [0.717, 1.165) is 5.69 Å². The van der Waals surface area contributed by atoms with E-state index in [0.29, 0.717) is 74.3 Å². The summed E-state index contributed by atoms with van der Waals surface area (Å²) in [5, 5.41) is 2.53. The summed E-state index contributed by atoms with van der Waals surface area (Å²) in [6.07, 6.45) is 4.27. The summed E-state index contributed by atoms with van der Waals surface area (Å²) in [6.45, 7) is 4.33. The van der Waals surface area contributed by atoms with Crippen LogP contribution in [0.15, 0.2) is 57.6 Å². The first-order valence-corrected chi connectivity index (χ1v) is 11.6. The van der Waals surface area contributed by atoms with Gasteiger partial charge in [-0.25, -0.2) is 0 Å². The van der Waals surface area contributed by atoms with Crippen LogP contribution in [0.5, 0.6) is 0 Å². The maximum atomic E-state index is 13.5. The topological polar surface area (TPSA) is 75.2 Å². The van der Waals surface area contributed by atoms with Gasteiger partial charge in [0, 0.05) is 57.6 Å². The van der Waals surface area contributed by atoms with Gasteiger partial charge in [0.1, 0.15) is 0 Å². The van der Waals surface area contributed by atoms with Crippen LogP contribution in [0.1, 0.15) is 17.7 Å². The lowest BCUT2D eigenvalue weighted by molar-refractivity contribution is -0.124. The monoisotopic (exact) mass is 493 g/mol. The standard InChI is InChI=1S/C26H21Cl2N3O3/c1-3-24(32)30(2)8-9-31-22-7-5-15(28)11-18(22)26(34)19-12-21-17(13-23(19)31)25(33)16-10-14(27)4-6-20(16)29-21/h3,5,7,10-13H,1,4,6,8-9H2,2H3,(H,29,33). The molecule has 0 atom stereocenters. The predicted molar refractivity (Wildman–Crippen MR) is 139 cm³/mol. The highest BCUT2D eigenvalue weighted by Crippen LogP contribution is 2.28. The lowest BCUT2D eigenvalue weighted by Gasteiger charge is -2.20. The molecule has 0 spiro atoms. The van der Waals surface area contributed by atoms with E-state index >= 15 is 0 Å². The molecule has 172 valence electrons. The molecule has 5 rings (SSSR count). The summed E-state index contributed by atoms with van der Waals surface area (Å²) in [7, 11) is 1.69. The molecular formula is C26H21Cl2N3O3. The Hall–Kier alpha value is -3.35. The van der Waals surface area contributed by atoms with Gasteiger partial charge in [-0.2, -0.15) is 0 Å². The number of benzene rings is 2. The number of likely N-dealkylation sites (N-methyl/N-ethyl adjacent to an activating group) is 1. The highest BCUT2D eigenvalue weighted by molar-refractivity contribution is 6.32. The Morgan fingerprint density at radius 3 is 2.62 bits per heavy atom. The number of nitrogens with one attached hydrogen (secondary N) is 1. The van der Waals surface area contributed by atoms with Crippen molar-refractivity contribution >= 4 is 67.9 Å². The van der Waals surface area contributed by atoms with Crippen LogP contribution in [0.4, 0.5) is 0 Å². The number of hydrogen-bond donors (Lipinski definition) is 1. The third kappa shape index (κ3) is 3.63. The Balaban J connectivity index is 1.83. The molecule has 2 aromatic carbocycles. The number of carbonyl (C=O) groups is 1. The van der Waals surface area contributed by atoms with E-state index < -0.39 is 0 Å². The summed E-state index contributed by atoms with van der Waals surface area (Å²) >= 11 is 12.4. The number of hydrogen-bond acceptors (Lipinski definition) is 3. The SMILES string of the molecule is C=CC(=O)N(C)CCn1c2ccc(Cl)cc2c(=O)c2cc3[nH]c4c(c(=O)c3cc21)C=C(Cl)CC4. The van der Waals surface area contributed by atoms with Crippen molar-refractivity contribution < 1.29 is 4.79 Å². The second-order valence-corrected chi connectivity index (χ2v) is 9.38. The Kier molecular flexibility index (Phi) is 5.58. The minimum Gasteiger partial charge on any atom is -0.358 e. The van der Waals surface area contributed by atoms with Crippen LogP contribution in [0.3, 0.4) is 0 Å². The zero-order chi connectivity index (χ0) is 24.1. The largest absolute Gasteiger partial charge is 0.358 e. The second kappa shape index (κ2) is 8.46. The molecule has 1 aliphatic carbocycles. The zero-order valence-electron chi connectivity index (χ0n) is 18.5. The van der Waals surface area contributed by atoms with Crippen molar-refractivity contribution in [1.29, 1.82) is 0 Å². The van der Waals surface area contributed by atoms with Crippen molar-refractivity contribution in [2.24, 2.45) is 0 Å². The fourth-order valence-electron chi connectivity index (χ4n) is 4.58. The van der Waals surface area contributed by atoms with E-state index in [1.54, 1.807) is 48.4 Å². The molecule has 34 heavy (non-hydrogen) atoms. The zero-order valence-corrected chi connectivity index (χ0v) is 20.0. The van der Waals surface area contributed by atoms with Gasteiger partial charge in [-0.3, -0.25) is 14.4 Å². The first-order chi connectivity index (χ1) is 16.3. The van der Waals surface area contributed by atoms with Crippen LogP contribution in [0.2, 0.25) is 5.02 Å². The predicted octanol–water partition coefficient (Wildman–Crippen LogP) is 4.82. The van der Waals surface area contributed by atoms with Crippen LogP contribution in [0.25, 0.3) is 38.8 Å². The molecule has 0 radical (unpaired) electrons. The maximum Gasteiger partial charge on any atom is 0.245 e. The van der Waals surface area contributed by atoms with E-state index in [1.165, 1.54) is 6.08 Å². The first-order valence-electron chi connectivity index (χ1n) is 10.9. The molecule has 0 bridgehead atoms. The molecule has 6 nitrogen and oxygen atoms in total. The number of H-pyrrole nitrogens is 1. The van der Waals surface area contributed by atoms with Gasteiger partial charge in [0.2, 0.25) is 5.91 Å². The van der Waals surface area contributed by atoms with Crippen molar-refractivity contribution in [2.45, 2.75) is 19.4 Å². The van der Waals surface area contributed by atoms with E-state index in [-0.39, 0.29) is 16.8 Å². The van der Waals surface area contributed by atoms with Gasteiger partial charge in [-0.15, -0.1) is 0 Å². The maximum absolute atomic E-state index is 13.5. The average Bonchev–Trinajstić information content (AvgIpc) is 2.83. The third-order valence-electron chi connectivity index (χ3n) is 6.39. The van der Waals surface area contributed by atoms with Crippen molar-refractivity contribution in [3.05, 3.63) is 84.7 Å². The molecule has 4 aromatic rings. The number of aryl methyl sites for hydroxylation is 1. The van der Waals surface area contributed by atoms with Crippen molar-refractivity contribution in [3.8, 4) is 0 Å². The van der Waals surface area contributed by atoms with Crippen molar-refractivity contribution in [1.82, 2.24) is 14.5 Å². The number of allylic oxidation sites excluding steroid dienone is 1. The van der Waals surface area contributed by atoms with E-state index in [2.05, 4.69) is 11.6 Å². The summed E-state index contributed by atoms with van der Waals surface area (Å²) < 4.78 is 1.95. The second-order valence-electron chi connectivity index (χ2n) is 8.46. The Morgan fingerprint density at radius 2 is 1.85 bits per heavy atom. The fraction of sp³-hybridized carbons (Fsp3) is 0.192. The number of aromatic nitrogens is 2. The lowest BCUT2D eigenvalue weighted by atomic mass is 9.98. The van der Waals surface area contributed by atoms with Crippen LogP contribution < -0.4 is 10.9 Å². The van der Waals surface area contributed by atoms with Gasteiger partial charge in [-0.05, 0) is 55.3 Å². The van der Waals surface area contributed by atoms with Gasteiger partial charge in [0.15, 0.2) is 10.9 Å². The normalized spacial score (nSPS) is 13.2. The van der Waals surface area contributed by atoms with E-state index in [9.17, 15) is 14.4 Å². The van der Waals surface area contributed by atoms with E-state index in [4.69, 9.17) is 23.2 Å². The summed E-state index contributed by atoms with van der Waals surface area (Å²) in [5.74, 6) is -0.199. The first kappa shape index (κ1) is 22.4. The summed E-state index contributed by atoms with van der Waals surface area (Å²) in [5.41, 5.74) is 2.98. The lowest BCUT2D eigenvalue weighted by Crippen LogP contribution is -2.29. The van der Waals surface area contributed by atoms with Gasteiger partial charge in [0.05, 0.1) is 16.6 Å². The summed E-state index contributed by atoms with van der Waals surface area (Å²) in [6, 6.07) is 8.66. The van der Waals surface area contributed by atoms with Gasteiger partial charge in [0.25, 0.3) is 0 Å². The van der Waals surface area contributed by atoms with Crippen LogP contribution in [-0.4, -0.2) is 34.0 Å². The molecule has 2 heterocycles. The Bertz CT molecular complexity index is 1680. The van der Waals surface area contributed by atoms with Crippen molar-refractivity contribution in [2.75, 3.05) is 13.6 Å². The molecule has 1 N–H and O–H groups in total. The van der Waals surface area contributed by atoms with Gasteiger partial charge in [-0.1, -0.05) is 29.8 Å².